The van der Waals surface area contributed by atoms with Crippen LogP contribution < -0.4 is 0 Å². The molecule has 0 aromatic carbocycles. The molecule has 0 unspecified atom stereocenters. The van der Waals surface area contributed by atoms with Crippen molar-refractivity contribution in [2.24, 2.45) is 5.92 Å². The van der Waals surface area contributed by atoms with Gasteiger partial charge in [0.1, 0.15) is 6.61 Å². The van der Waals surface area contributed by atoms with Gasteiger partial charge in [-0.25, -0.2) is 9.59 Å². The molecule has 4 heteroatoms. The number of hydrogen-bond donors (Lipinski definition) is 0. The van der Waals surface area contributed by atoms with Crippen LogP contribution in [-0.2, 0) is 19.1 Å². The molecule has 0 atom stereocenters. The quantitative estimate of drug-likeness (QED) is 0.394. The average molecular weight is 226 g/mol. The highest BCUT2D eigenvalue weighted by molar-refractivity contribution is 5.91. The zero-order valence-corrected chi connectivity index (χ0v) is 9.99. The molecule has 0 aromatic rings. The minimum absolute atomic E-state index is 0.157. The molecule has 4 nitrogen and oxygen atoms in total. The summed E-state index contributed by atoms with van der Waals surface area (Å²) in [6.07, 6.45) is 2.11. The Bertz CT molecular complexity index is 289. The van der Waals surface area contributed by atoms with Crippen molar-refractivity contribution in [3.63, 3.8) is 0 Å². The maximum atomic E-state index is 11.1. The number of carbonyl (C=O) groups is 2. The van der Waals surface area contributed by atoms with Gasteiger partial charge in [0.2, 0.25) is 0 Å². The molecular weight excluding hydrogens is 208 g/mol. The molecule has 0 bridgehead atoms. The summed E-state index contributed by atoms with van der Waals surface area (Å²) < 4.78 is 9.57. The van der Waals surface area contributed by atoms with E-state index in [1.54, 1.807) is 6.92 Å². The lowest BCUT2D eigenvalue weighted by Gasteiger charge is -2.03. The van der Waals surface area contributed by atoms with Gasteiger partial charge in [0.25, 0.3) is 0 Å². The lowest BCUT2D eigenvalue weighted by molar-refractivity contribution is -0.140. The third-order valence-corrected chi connectivity index (χ3v) is 1.38. The lowest BCUT2D eigenvalue weighted by Crippen LogP contribution is -2.08. The summed E-state index contributed by atoms with van der Waals surface area (Å²) in [5, 5.41) is 0. The summed E-state index contributed by atoms with van der Waals surface area (Å²) in [6, 6.07) is 0. The molecule has 0 aromatic heterocycles. The number of carbonyl (C=O) groups excluding carboxylic acids is 2. The molecule has 0 saturated heterocycles. The van der Waals surface area contributed by atoms with E-state index >= 15 is 0 Å². The minimum Gasteiger partial charge on any atom is -0.462 e. The van der Waals surface area contributed by atoms with Gasteiger partial charge in [-0.2, -0.15) is 0 Å². The van der Waals surface area contributed by atoms with Crippen LogP contribution in [0.2, 0.25) is 0 Å². The van der Waals surface area contributed by atoms with Gasteiger partial charge >= 0.3 is 11.9 Å². The van der Waals surface area contributed by atoms with Crippen molar-refractivity contribution in [1.82, 2.24) is 0 Å². The van der Waals surface area contributed by atoms with Crippen molar-refractivity contribution in [3.05, 3.63) is 24.3 Å². The molecule has 0 saturated carbocycles. The number of rotatable bonds is 6. The van der Waals surface area contributed by atoms with E-state index in [1.807, 2.05) is 13.8 Å². The average Bonchev–Trinajstić information content (AvgIpc) is 2.20. The van der Waals surface area contributed by atoms with Gasteiger partial charge in [0.15, 0.2) is 0 Å². The molecule has 0 amide bonds. The minimum atomic E-state index is -0.579. The Morgan fingerprint density at radius 3 is 2.12 bits per heavy atom. The van der Waals surface area contributed by atoms with Crippen LogP contribution in [0.15, 0.2) is 24.3 Å². The normalized spacial score (nSPS) is 10.5. The summed E-state index contributed by atoms with van der Waals surface area (Å²) in [4.78, 5) is 22.1. The third kappa shape index (κ3) is 8.99. The summed E-state index contributed by atoms with van der Waals surface area (Å²) in [5.74, 6) is -0.849. The van der Waals surface area contributed by atoms with Crippen LogP contribution >= 0.6 is 0 Å². The van der Waals surface area contributed by atoms with E-state index in [1.165, 1.54) is 0 Å². The number of hydrogen-bond acceptors (Lipinski definition) is 4. The highest BCUT2D eigenvalue weighted by Gasteiger charge is 2.02. The third-order valence-electron chi connectivity index (χ3n) is 1.38. The van der Waals surface area contributed by atoms with Gasteiger partial charge in [-0.3, -0.25) is 0 Å². The van der Waals surface area contributed by atoms with E-state index in [2.05, 4.69) is 6.58 Å². The molecule has 0 heterocycles. The Labute approximate surface area is 95.9 Å². The first-order valence-corrected chi connectivity index (χ1v) is 5.07. The van der Waals surface area contributed by atoms with Crippen molar-refractivity contribution >= 4 is 11.9 Å². The zero-order chi connectivity index (χ0) is 12.6. The predicted octanol–water partition coefficient (Wildman–Crippen LogP) is 1.86. The fraction of sp³-hybridized carbons (Fsp3) is 0.500. The fourth-order valence-corrected chi connectivity index (χ4v) is 0.675. The van der Waals surface area contributed by atoms with Crippen LogP contribution in [0, 0.1) is 5.92 Å². The van der Waals surface area contributed by atoms with Gasteiger partial charge < -0.3 is 9.47 Å². The Morgan fingerprint density at radius 2 is 1.69 bits per heavy atom. The smallest absolute Gasteiger partial charge is 0.331 e. The van der Waals surface area contributed by atoms with Crippen molar-refractivity contribution in [1.29, 1.82) is 0 Å². The van der Waals surface area contributed by atoms with Crippen molar-refractivity contribution < 1.29 is 19.1 Å². The fourth-order valence-electron chi connectivity index (χ4n) is 0.675. The molecule has 0 N–H and O–H groups in total. The maximum absolute atomic E-state index is 11.1. The molecule has 90 valence electrons. The number of esters is 2. The summed E-state index contributed by atoms with van der Waals surface area (Å²) in [6.45, 7) is 9.67. The zero-order valence-electron chi connectivity index (χ0n) is 9.99. The molecule has 0 aliphatic heterocycles. The van der Waals surface area contributed by atoms with Crippen molar-refractivity contribution in [2.75, 3.05) is 13.2 Å². The second-order valence-electron chi connectivity index (χ2n) is 3.92. The van der Waals surface area contributed by atoms with Crippen LogP contribution in [0.1, 0.15) is 20.8 Å². The van der Waals surface area contributed by atoms with Gasteiger partial charge in [-0.1, -0.05) is 20.4 Å². The van der Waals surface area contributed by atoms with E-state index in [-0.39, 0.29) is 12.5 Å². The second-order valence-corrected chi connectivity index (χ2v) is 3.92. The second kappa shape index (κ2) is 7.68. The summed E-state index contributed by atoms with van der Waals surface area (Å²) >= 11 is 0. The van der Waals surface area contributed by atoms with Gasteiger partial charge in [0.05, 0.1) is 6.61 Å². The first-order chi connectivity index (χ1) is 7.41. The van der Waals surface area contributed by atoms with Crippen LogP contribution in [0.5, 0.6) is 0 Å². The number of ether oxygens (including phenoxy) is 2. The van der Waals surface area contributed by atoms with E-state index in [0.29, 0.717) is 6.61 Å². The van der Waals surface area contributed by atoms with Crippen molar-refractivity contribution in [2.45, 2.75) is 20.8 Å². The molecule has 0 aliphatic carbocycles. The Balaban J connectivity index is 3.84. The highest BCUT2D eigenvalue weighted by Crippen LogP contribution is 1.94. The summed E-state index contributed by atoms with van der Waals surface area (Å²) in [5.41, 5.74) is 0.740. The standard InChI is InChI=1S/C12H18O4/c1-9(2)7-15-11(13)5-6-12(14)16-8-10(3)4/h5-6,10H,1,7-8H2,2-4H3/b6-5+. The lowest BCUT2D eigenvalue weighted by atomic mass is 10.2. The van der Waals surface area contributed by atoms with Crippen LogP contribution in [0.4, 0.5) is 0 Å². The van der Waals surface area contributed by atoms with E-state index in [0.717, 1.165) is 17.7 Å². The molecule has 16 heavy (non-hydrogen) atoms. The monoisotopic (exact) mass is 226 g/mol. The predicted molar refractivity (Wildman–Crippen MR) is 60.7 cm³/mol. The first-order valence-electron chi connectivity index (χ1n) is 5.07. The van der Waals surface area contributed by atoms with E-state index in [4.69, 9.17) is 9.47 Å². The van der Waals surface area contributed by atoms with Gasteiger partial charge in [-0.15, -0.1) is 0 Å². The van der Waals surface area contributed by atoms with Crippen LogP contribution in [0.3, 0.4) is 0 Å². The maximum Gasteiger partial charge on any atom is 0.331 e. The first kappa shape index (κ1) is 14.4. The summed E-state index contributed by atoms with van der Waals surface area (Å²) in [7, 11) is 0. The van der Waals surface area contributed by atoms with E-state index in [9.17, 15) is 9.59 Å². The molecule has 0 radical (unpaired) electrons. The molecule has 0 rings (SSSR count). The largest absolute Gasteiger partial charge is 0.462 e. The van der Waals surface area contributed by atoms with Gasteiger partial charge in [0, 0.05) is 12.2 Å². The topological polar surface area (TPSA) is 52.6 Å². The van der Waals surface area contributed by atoms with Crippen molar-refractivity contribution in [3.8, 4) is 0 Å². The Hall–Kier alpha value is -1.58. The van der Waals surface area contributed by atoms with Gasteiger partial charge in [-0.05, 0) is 18.4 Å². The van der Waals surface area contributed by atoms with E-state index < -0.39 is 11.9 Å². The Morgan fingerprint density at radius 1 is 1.19 bits per heavy atom. The van der Waals surface area contributed by atoms with Crippen LogP contribution in [0.25, 0.3) is 0 Å². The molecule has 0 spiro atoms. The Kier molecular flexibility index (Phi) is 6.92. The SMILES string of the molecule is C=C(C)COC(=O)/C=C/C(=O)OCC(C)C. The molecular formula is C12H18O4. The highest BCUT2D eigenvalue weighted by atomic mass is 16.5. The molecule has 0 aliphatic rings. The van der Waals surface area contributed by atoms with Crippen LogP contribution in [-0.4, -0.2) is 25.2 Å². The molecule has 0 fully saturated rings.